The van der Waals surface area contributed by atoms with Crippen molar-refractivity contribution in [2.75, 3.05) is 6.54 Å². The highest BCUT2D eigenvalue weighted by atomic mass is 35.5. The molecule has 7 nitrogen and oxygen atoms in total. The van der Waals surface area contributed by atoms with Gasteiger partial charge in [-0.2, -0.15) is 0 Å². The summed E-state index contributed by atoms with van der Waals surface area (Å²) < 4.78 is 46.7. The van der Waals surface area contributed by atoms with Crippen molar-refractivity contribution in [3.8, 4) is 0 Å². The molecule has 0 aliphatic heterocycles. The highest BCUT2D eigenvalue weighted by molar-refractivity contribution is 6.30. The lowest BCUT2D eigenvalue weighted by Crippen LogP contribution is -2.41. The lowest BCUT2D eigenvalue weighted by atomic mass is 9.66. The summed E-state index contributed by atoms with van der Waals surface area (Å²) in [6, 6.07) is 6.92. The second-order valence-electron chi connectivity index (χ2n) is 8.82. The first-order valence-electron chi connectivity index (χ1n) is 10.9. The molecule has 4 rings (SSSR count). The summed E-state index contributed by atoms with van der Waals surface area (Å²) in [4.78, 5) is 12.3. The van der Waals surface area contributed by atoms with Gasteiger partial charge in [-0.05, 0) is 49.8 Å². The maximum absolute atomic E-state index is 12.3. The molecule has 33 heavy (non-hydrogen) atoms. The molecule has 1 amide bonds. The quantitative estimate of drug-likeness (QED) is 0.554. The number of alkyl halides is 3. The largest absolute Gasteiger partial charge is 0.522 e. The Morgan fingerprint density at radius 3 is 2.58 bits per heavy atom. The van der Waals surface area contributed by atoms with Crippen LogP contribution in [0.2, 0.25) is 5.02 Å². The molecule has 1 aromatic carbocycles. The van der Waals surface area contributed by atoms with Crippen LogP contribution < -0.4 is 5.32 Å². The Labute approximate surface area is 193 Å². The molecular weight excluding hydrogens is 463 g/mol. The van der Waals surface area contributed by atoms with E-state index in [0.717, 1.165) is 24.8 Å². The molecule has 1 atom stereocenters. The number of aliphatic hydroxyl groups is 1. The van der Waals surface area contributed by atoms with Crippen LogP contribution in [0.15, 0.2) is 28.7 Å². The maximum atomic E-state index is 12.3. The van der Waals surface area contributed by atoms with E-state index >= 15 is 0 Å². The van der Waals surface area contributed by atoms with Crippen molar-refractivity contribution in [1.29, 1.82) is 0 Å². The molecule has 2 N–H and O–H groups in total. The van der Waals surface area contributed by atoms with Gasteiger partial charge in [-0.3, -0.25) is 9.53 Å². The van der Waals surface area contributed by atoms with Crippen LogP contribution in [0.1, 0.15) is 61.8 Å². The van der Waals surface area contributed by atoms with Crippen molar-refractivity contribution in [2.45, 2.75) is 74.8 Å². The molecule has 11 heteroatoms. The van der Waals surface area contributed by atoms with Crippen LogP contribution in [-0.4, -0.2) is 46.3 Å². The number of aliphatic hydroxyl groups excluding tert-OH is 1. The number of aromatic nitrogens is 2. The molecule has 0 radical (unpaired) electrons. The molecule has 1 aromatic heterocycles. The van der Waals surface area contributed by atoms with E-state index in [0.29, 0.717) is 29.8 Å². The Morgan fingerprint density at radius 2 is 1.97 bits per heavy atom. The van der Waals surface area contributed by atoms with Gasteiger partial charge in [0.2, 0.25) is 17.7 Å². The monoisotopic (exact) mass is 487 g/mol. The third kappa shape index (κ3) is 5.85. The van der Waals surface area contributed by atoms with E-state index in [1.165, 1.54) is 0 Å². The van der Waals surface area contributed by atoms with Crippen molar-refractivity contribution in [3.63, 3.8) is 0 Å². The van der Waals surface area contributed by atoms with Gasteiger partial charge < -0.3 is 14.8 Å². The fraction of sp³-hybridized carbons (Fsp3) is 0.591. The minimum Gasteiger partial charge on any atom is -0.424 e. The number of hydrogen-bond donors (Lipinski definition) is 2. The van der Waals surface area contributed by atoms with Gasteiger partial charge in [0.05, 0.1) is 11.5 Å². The van der Waals surface area contributed by atoms with Crippen molar-refractivity contribution in [2.24, 2.45) is 0 Å². The van der Waals surface area contributed by atoms with E-state index in [9.17, 15) is 23.1 Å². The summed E-state index contributed by atoms with van der Waals surface area (Å²) in [6.45, 7) is 0.332. The lowest BCUT2D eigenvalue weighted by Gasteiger charge is -2.39. The molecule has 0 spiro atoms. The van der Waals surface area contributed by atoms with E-state index in [4.69, 9.17) is 16.0 Å². The van der Waals surface area contributed by atoms with Gasteiger partial charge in [-0.25, -0.2) is 0 Å². The number of amides is 1. The second-order valence-corrected chi connectivity index (χ2v) is 9.26. The smallest absolute Gasteiger partial charge is 0.424 e. The predicted molar refractivity (Wildman–Crippen MR) is 112 cm³/mol. The van der Waals surface area contributed by atoms with Gasteiger partial charge in [-0.15, -0.1) is 23.4 Å². The average Bonchev–Trinajstić information content (AvgIpc) is 3.17. The number of benzene rings is 1. The number of nitrogens with one attached hydrogen (secondary N) is 1. The number of nitrogens with zero attached hydrogens (tertiary/aromatic N) is 2. The average molecular weight is 488 g/mol. The topological polar surface area (TPSA) is 97.5 Å². The van der Waals surface area contributed by atoms with Crippen LogP contribution >= 0.6 is 11.6 Å². The van der Waals surface area contributed by atoms with Crippen LogP contribution in [0, 0.1) is 0 Å². The Kier molecular flexibility index (Phi) is 6.97. The highest BCUT2D eigenvalue weighted by Crippen LogP contribution is 2.47. The van der Waals surface area contributed by atoms with E-state index in [1.807, 2.05) is 0 Å². The fourth-order valence-electron chi connectivity index (χ4n) is 4.32. The third-order valence-corrected chi connectivity index (χ3v) is 6.75. The van der Waals surface area contributed by atoms with Crippen molar-refractivity contribution < 1.29 is 32.2 Å². The van der Waals surface area contributed by atoms with Crippen molar-refractivity contribution >= 4 is 17.5 Å². The Morgan fingerprint density at radius 1 is 1.27 bits per heavy atom. The molecule has 2 aliphatic rings. The Bertz CT molecular complexity index is 957. The molecule has 2 aromatic rings. The Balaban J connectivity index is 1.26. The molecule has 2 aliphatic carbocycles. The van der Waals surface area contributed by atoms with Crippen LogP contribution in [0.4, 0.5) is 13.2 Å². The number of ether oxygens (including phenoxy) is 1. The normalized spacial score (nSPS) is 22.8. The summed E-state index contributed by atoms with van der Waals surface area (Å²) in [5.41, 5.74) is 0.445. The summed E-state index contributed by atoms with van der Waals surface area (Å²) in [6.07, 6.45) is -2.94. The fourth-order valence-corrected chi connectivity index (χ4v) is 4.45. The van der Waals surface area contributed by atoms with Crippen LogP contribution in [-0.2, 0) is 21.4 Å². The van der Waals surface area contributed by atoms with Gasteiger partial charge in [0.1, 0.15) is 6.10 Å². The van der Waals surface area contributed by atoms with Gasteiger partial charge in [-0.1, -0.05) is 30.2 Å². The highest BCUT2D eigenvalue weighted by Gasteiger charge is 2.46. The number of halogens is 4. The van der Waals surface area contributed by atoms with E-state index < -0.39 is 24.5 Å². The summed E-state index contributed by atoms with van der Waals surface area (Å²) >= 11 is 5.85. The third-order valence-electron chi connectivity index (χ3n) is 6.50. The van der Waals surface area contributed by atoms with Gasteiger partial charge in [0, 0.05) is 23.9 Å². The SMILES string of the molecule is O=C(NCCC1(c2nnc(C3CC(OC(F)(F)F)C3)o2)CCC1)C(O)Cc1ccc(Cl)cc1. The summed E-state index contributed by atoms with van der Waals surface area (Å²) in [7, 11) is 0. The molecule has 2 saturated carbocycles. The Hall–Kier alpha value is -2.17. The maximum Gasteiger partial charge on any atom is 0.522 e. The van der Waals surface area contributed by atoms with Crippen LogP contribution in [0.5, 0.6) is 0 Å². The number of carbonyl (C=O) groups is 1. The first-order valence-corrected chi connectivity index (χ1v) is 11.3. The molecule has 0 saturated heterocycles. The van der Waals surface area contributed by atoms with Gasteiger partial charge >= 0.3 is 6.36 Å². The van der Waals surface area contributed by atoms with Crippen molar-refractivity contribution in [1.82, 2.24) is 15.5 Å². The molecule has 0 bridgehead atoms. The standard InChI is InChI=1S/C22H25ClF3N3O4/c23-15-4-2-13(3-5-15)10-17(30)18(31)27-9-8-21(6-1-7-21)20-29-28-19(32-20)14-11-16(12-14)33-22(24,25)26/h2-5,14,16-17,30H,1,6-12H2,(H,27,31). The first kappa shape index (κ1) is 24.0. The molecular formula is C22H25ClF3N3O4. The lowest BCUT2D eigenvalue weighted by molar-refractivity contribution is -0.352. The van der Waals surface area contributed by atoms with E-state index in [2.05, 4.69) is 20.3 Å². The zero-order valence-corrected chi connectivity index (χ0v) is 18.5. The number of carbonyl (C=O) groups excluding carboxylic acids is 1. The zero-order valence-electron chi connectivity index (χ0n) is 17.8. The van der Waals surface area contributed by atoms with E-state index in [1.54, 1.807) is 24.3 Å². The molecule has 180 valence electrons. The molecule has 2 fully saturated rings. The summed E-state index contributed by atoms with van der Waals surface area (Å²) in [5.74, 6) is 0.0925. The number of hydrogen-bond acceptors (Lipinski definition) is 6. The van der Waals surface area contributed by atoms with Crippen molar-refractivity contribution in [3.05, 3.63) is 46.6 Å². The van der Waals surface area contributed by atoms with Crippen LogP contribution in [0.3, 0.4) is 0 Å². The predicted octanol–water partition coefficient (Wildman–Crippen LogP) is 4.04. The van der Waals surface area contributed by atoms with Crippen LogP contribution in [0.25, 0.3) is 0 Å². The summed E-state index contributed by atoms with van der Waals surface area (Å²) in [5, 5.41) is 21.7. The minimum atomic E-state index is -4.64. The first-order chi connectivity index (χ1) is 15.6. The second kappa shape index (κ2) is 9.60. The van der Waals surface area contributed by atoms with E-state index in [-0.39, 0.29) is 30.6 Å². The zero-order chi connectivity index (χ0) is 23.6. The number of rotatable bonds is 9. The van der Waals surface area contributed by atoms with Gasteiger partial charge in [0.15, 0.2) is 0 Å². The minimum absolute atomic E-state index is 0.182. The molecule has 1 unspecified atom stereocenters. The van der Waals surface area contributed by atoms with Gasteiger partial charge in [0.25, 0.3) is 0 Å². The molecule has 1 heterocycles.